The fourth-order valence-electron chi connectivity index (χ4n) is 2.35. The average Bonchev–Trinajstić information content (AvgIpc) is 3.10. The van der Waals surface area contributed by atoms with Crippen molar-refractivity contribution in [2.75, 3.05) is 6.61 Å². The maximum Gasteiger partial charge on any atom is 0.202 e. The number of aliphatic hydroxyl groups excluding tert-OH is 1. The molecular formula is C14H16ClN3O3. The number of hydrogen-bond acceptors (Lipinski definition) is 5. The second-order valence-electron chi connectivity index (χ2n) is 5.06. The molecule has 0 radical (unpaired) electrons. The molecule has 3 atom stereocenters. The third-order valence-corrected chi connectivity index (χ3v) is 3.75. The molecule has 6 nitrogen and oxygen atoms in total. The topological polar surface area (TPSA) is 80.3 Å². The lowest BCUT2D eigenvalue weighted by atomic mass is 10.0. The van der Waals surface area contributed by atoms with Crippen LogP contribution in [0.2, 0.25) is 5.02 Å². The Morgan fingerprint density at radius 2 is 2.24 bits per heavy atom. The van der Waals surface area contributed by atoms with Gasteiger partial charge in [0.15, 0.2) is 5.82 Å². The summed E-state index contributed by atoms with van der Waals surface area (Å²) in [4.78, 5) is 4.12. The van der Waals surface area contributed by atoms with Crippen LogP contribution in [0.25, 0.3) is 0 Å². The van der Waals surface area contributed by atoms with Gasteiger partial charge in [-0.3, -0.25) is 5.10 Å². The van der Waals surface area contributed by atoms with Crippen molar-refractivity contribution in [2.24, 2.45) is 0 Å². The Bertz CT molecular complexity index is 588. The van der Waals surface area contributed by atoms with E-state index >= 15 is 0 Å². The normalized spacial score (nSPS) is 26.9. The van der Waals surface area contributed by atoms with Gasteiger partial charge in [0.25, 0.3) is 0 Å². The van der Waals surface area contributed by atoms with Gasteiger partial charge in [0.2, 0.25) is 5.79 Å². The molecule has 0 saturated carbocycles. The highest BCUT2D eigenvalue weighted by atomic mass is 35.5. The highest BCUT2D eigenvalue weighted by molar-refractivity contribution is 6.30. The minimum Gasteiger partial charge on any atom is -0.391 e. The summed E-state index contributed by atoms with van der Waals surface area (Å²) in [5.41, 5.74) is 0.819. The van der Waals surface area contributed by atoms with Crippen LogP contribution in [0.1, 0.15) is 18.3 Å². The van der Waals surface area contributed by atoms with E-state index in [1.807, 2.05) is 12.1 Å². The minimum atomic E-state index is -1.01. The Labute approximate surface area is 127 Å². The third kappa shape index (κ3) is 2.94. The number of nitrogens with zero attached hydrogens (tertiary/aromatic N) is 2. The van der Waals surface area contributed by atoms with Crippen molar-refractivity contribution in [1.29, 1.82) is 0 Å². The van der Waals surface area contributed by atoms with E-state index in [2.05, 4.69) is 15.2 Å². The summed E-state index contributed by atoms with van der Waals surface area (Å²) < 4.78 is 11.9. The number of nitrogens with one attached hydrogen (secondary N) is 1. The maximum atomic E-state index is 9.74. The lowest BCUT2D eigenvalue weighted by Gasteiger charge is -2.28. The van der Waals surface area contributed by atoms with Crippen LogP contribution < -0.4 is 0 Å². The van der Waals surface area contributed by atoms with Crippen molar-refractivity contribution in [3.05, 3.63) is 47.0 Å². The monoisotopic (exact) mass is 309 g/mol. The summed E-state index contributed by atoms with van der Waals surface area (Å²) in [7, 11) is 0. The second-order valence-corrected chi connectivity index (χ2v) is 5.50. The van der Waals surface area contributed by atoms with Crippen LogP contribution in [0.4, 0.5) is 0 Å². The number of benzene rings is 1. The summed E-state index contributed by atoms with van der Waals surface area (Å²) in [6.07, 6.45) is 0.846. The standard InChI is InChI=1S/C14H16ClN3O3/c1-9(19)12-7-20-14(21-12,6-13-16-8-17-18-13)10-2-4-11(15)5-3-10/h2-5,8-9,12,19H,6-7H2,1H3,(H,16,17,18). The third-order valence-electron chi connectivity index (χ3n) is 3.50. The van der Waals surface area contributed by atoms with E-state index < -0.39 is 11.9 Å². The number of H-pyrrole nitrogens is 1. The molecule has 0 amide bonds. The Morgan fingerprint density at radius 3 is 2.81 bits per heavy atom. The lowest BCUT2D eigenvalue weighted by molar-refractivity contribution is -0.185. The van der Waals surface area contributed by atoms with E-state index in [4.69, 9.17) is 21.1 Å². The van der Waals surface area contributed by atoms with Gasteiger partial charge >= 0.3 is 0 Å². The molecule has 3 unspecified atom stereocenters. The lowest BCUT2D eigenvalue weighted by Crippen LogP contribution is -2.33. The number of hydrogen-bond donors (Lipinski definition) is 2. The zero-order valence-corrected chi connectivity index (χ0v) is 12.2. The van der Waals surface area contributed by atoms with E-state index in [1.54, 1.807) is 19.1 Å². The molecule has 1 aromatic heterocycles. The van der Waals surface area contributed by atoms with Crippen molar-refractivity contribution in [3.63, 3.8) is 0 Å². The van der Waals surface area contributed by atoms with Crippen LogP contribution in [0, 0.1) is 0 Å². The molecule has 7 heteroatoms. The van der Waals surface area contributed by atoms with Crippen LogP contribution in [0.3, 0.4) is 0 Å². The average molecular weight is 310 g/mol. The van der Waals surface area contributed by atoms with Gasteiger partial charge in [-0.2, -0.15) is 5.10 Å². The Balaban J connectivity index is 1.93. The Morgan fingerprint density at radius 1 is 1.48 bits per heavy atom. The second kappa shape index (κ2) is 5.73. The molecule has 1 saturated heterocycles. The molecular weight excluding hydrogens is 294 g/mol. The largest absolute Gasteiger partial charge is 0.391 e. The van der Waals surface area contributed by atoms with Crippen LogP contribution in [-0.4, -0.2) is 39.1 Å². The van der Waals surface area contributed by atoms with Gasteiger partial charge in [0.05, 0.1) is 19.1 Å². The van der Waals surface area contributed by atoms with Crippen LogP contribution in [0.15, 0.2) is 30.6 Å². The first-order chi connectivity index (χ1) is 10.1. The minimum absolute atomic E-state index is 0.310. The van der Waals surface area contributed by atoms with Crippen molar-refractivity contribution >= 4 is 11.6 Å². The maximum absolute atomic E-state index is 9.74. The van der Waals surface area contributed by atoms with Crippen molar-refractivity contribution < 1.29 is 14.6 Å². The number of rotatable bonds is 4. The van der Waals surface area contributed by atoms with Gasteiger partial charge in [-0.15, -0.1) is 0 Å². The molecule has 2 aromatic rings. The first kappa shape index (κ1) is 14.5. The van der Waals surface area contributed by atoms with E-state index in [-0.39, 0.29) is 6.10 Å². The van der Waals surface area contributed by atoms with Crippen molar-refractivity contribution in [2.45, 2.75) is 31.3 Å². The van der Waals surface area contributed by atoms with Crippen molar-refractivity contribution in [1.82, 2.24) is 15.2 Å². The molecule has 1 aromatic carbocycles. The number of halogens is 1. The van der Waals surface area contributed by atoms with Gasteiger partial charge in [0, 0.05) is 10.6 Å². The summed E-state index contributed by atoms with van der Waals surface area (Å²) in [5.74, 6) is -0.426. The molecule has 21 heavy (non-hydrogen) atoms. The van der Waals surface area contributed by atoms with Gasteiger partial charge in [-0.1, -0.05) is 23.7 Å². The first-order valence-electron chi connectivity index (χ1n) is 6.69. The van der Waals surface area contributed by atoms with E-state index in [0.717, 1.165) is 5.56 Å². The number of aromatic amines is 1. The predicted octanol–water partition coefficient (Wildman–Crippen LogP) is 1.65. The highest BCUT2D eigenvalue weighted by Gasteiger charge is 2.45. The van der Waals surface area contributed by atoms with E-state index in [0.29, 0.717) is 23.9 Å². The number of aliphatic hydroxyl groups is 1. The Kier molecular flexibility index (Phi) is 3.95. The van der Waals surface area contributed by atoms with Crippen LogP contribution in [0.5, 0.6) is 0 Å². The van der Waals surface area contributed by atoms with E-state index in [9.17, 15) is 5.11 Å². The van der Waals surface area contributed by atoms with Crippen LogP contribution >= 0.6 is 11.6 Å². The fourth-order valence-corrected chi connectivity index (χ4v) is 2.47. The highest BCUT2D eigenvalue weighted by Crippen LogP contribution is 2.38. The SMILES string of the molecule is CC(O)C1COC(Cc2nc[nH]n2)(c2ccc(Cl)cc2)O1. The quantitative estimate of drug-likeness (QED) is 0.897. The molecule has 2 N–H and O–H groups in total. The Hall–Kier alpha value is -1.47. The first-order valence-corrected chi connectivity index (χ1v) is 7.07. The number of ether oxygens (including phenoxy) is 2. The molecule has 1 aliphatic heterocycles. The van der Waals surface area contributed by atoms with Crippen molar-refractivity contribution in [3.8, 4) is 0 Å². The predicted molar refractivity (Wildman–Crippen MR) is 75.7 cm³/mol. The zero-order valence-electron chi connectivity index (χ0n) is 11.5. The smallest absolute Gasteiger partial charge is 0.202 e. The molecule has 1 aliphatic rings. The van der Waals surface area contributed by atoms with Gasteiger partial charge in [-0.25, -0.2) is 4.98 Å². The number of aromatic nitrogens is 3. The molecule has 2 heterocycles. The summed E-state index contributed by atoms with van der Waals surface area (Å²) in [5, 5.41) is 17.1. The van der Waals surface area contributed by atoms with Gasteiger partial charge in [0.1, 0.15) is 12.4 Å². The fraction of sp³-hybridized carbons (Fsp3) is 0.429. The van der Waals surface area contributed by atoms with Gasteiger partial charge < -0.3 is 14.6 Å². The summed E-state index contributed by atoms with van der Waals surface area (Å²) in [6.45, 7) is 1.99. The molecule has 3 rings (SSSR count). The summed E-state index contributed by atoms with van der Waals surface area (Å²) >= 11 is 5.93. The molecule has 1 fully saturated rings. The zero-order chi connectivity index (χ0) is 14.9. The molecule has 0 bridgehead atoms. The van der Waals surface area contributed by atoms with Crippen LogP contribution in [-0.2, 0) is 21.7 Å². The van der Waals surface area contributed by atoms with Gasteiger partial charge in [-0.05, 0) is 19.1 Å². The molecule has 0 spiro atoms. The molecule has 112 valence electrons. The van der Waals surface area contributed by atoms with E-state index in [1.165, 1.54) is 6.33 Å². The summed E-state index contributed by atoms with van der Waals surface area (Å²) in [6, 6.07) is 7.25. The molecule has 0 aliphatic carbocycles.